The van der Waals surface area contributed by atoms with Crippen molar-refractivity contribution in [1.82, 2.24) is 19.5 Å². The van der Waals surface area contributed by atoms with Crippen LogP contribution in [0.15, 0.2) is 6.33 Å². The first-order valence-electron chi connectivity index (χ1n) is 8.55. The minimum Gasteiger partial charge on any atom is -0.476 e. The molecule has 6 atom stereocenters. The Morgan fingerprint density at radius 1 is 1.56 bits per heavy atom. The van der Waals surface area contributed by atoms with E-state index in [1.807, 2.05) is 6.92 Å². The molecule has 2 saturated heterocycles. The minimum absolute atomic E-state index is 0.0340. The maximum atomic E-state index is 11.5. The maximum absolute atomic E-state index is 11.5. The Hall–Kier alpha value is -1.91. The number of aliphatic hydroxyl groups excluding tert-OH is 1. The molecule has 2 aromatic heterocycles. The number of ether oxygens (including phenoxy) is 3. The van der Waals surface area contributed by atoms with Crippen molar-refractivity contribution in [2.24, 2.45) is 0 Å². The van der Waals surface area contributed by atoms with Crippen LogP contribution in [-0.4, -0.2) is 68.4 Å². The van der Waals surface area contributed by atoms with E-state index in [2.05, 4.69) is 15.0 Å². The molecule has 2 aliphatic heterocycles. The van der Waals surface area contributed by atoms with Gasteiger partial charge in [0, 0.05) is 0 Å². The van der Waals surface area contributed by atoms with Crippen LogP contribution in [0.3, 0.4) is 0 Å². The van der Waals surface area contributed by atoms with E-state index >= 15 is 0 Å². The molecule has 2 fully saturated rings. The number of fused-ring (bicyclic) bond motifs is 3. The van der Waals surface area contributed by atoms with Crippen molar-refractivity contribution in [2.75, 3.05) is 25.6 Å². The summed E-state index contributed by atoms with van der Waals surface area (Å²) < 4.78 is 35.9. The summed E-state index contributed by atoms with van der Waals surface area (Å²) in [6, 6.07) is 0. The molecule has 0 aliphatic carbocycles. The maximum Gasteiger partial charge on any atom is 0.505 e. The van der Waals surface area contributed by atoms with Crippen LogP contribution < -0.4 is 10.5 Å². The second-order valence-corrected chi connectivity index (χ2v) is 7.61. The molecule has 1 unspecified atom stereocenters. The van der Waals surface area contributed by atoms with Gasteiger partial charge >= 0.3 is 8.03 Å². The van der Waals surface area contributed by atoms with Crippen LogP contribution in [0.1, 0.15) is 20.1 Å². The van der Waals surface area contributed by atoms with Gasteiger partial charge in [-0.3, -0.25) is 4.57 Å². The lowest BCUT2D eigenvalue weighted by molar-refractivity contribution is -0.199. The lowest BCUT2D eigenvalue weighted by Crippen LogP contribution is -2.50. The summed E-state index contributed by atoms with van der Waals surface area (Å²) in [7, 11) is -1.86. The molecule has 2 aromatic rings. The predicted octanol–water partition coefficient (Wildman–Crippen LogP) is 0.612. The summed E-state index contributed by atoms with van der Waals surface area (Å²) in [5, 5.41) is 10.8. The molecular weight excluding hydrogens is 377 g/mol. The molecule has 27 heavy (non-hydrogen) atoms. The van der Waals surface area contributed by atoms with E-state index in [-0.39, 0.29) is 18.4 Å². The second-order valence-electron chi connectivity index (χ2n) is 6.52. The van der Waals surface area contributed by atoms with Gasteiger partial charge in [-0.05, 0) is 18.4 Å². The topological polar surface area (TPSA) is 144 Å². The first kappa shape index (κ1) is 18.5. The monoisotopic (exact) mass is 398 g/mol. The number of nitrogen functional groups attached to an aromatic ring is 1. The first-order chi connectivity index (χ1) is 12.9. The zero-order valence-corrected chi connectivity index (χ0v) is 16.0. The molecule has 0 spiro atoms. The molecular formula is C15H21N5O6P+. The Balaban J connectivity index is 1.72. The van der Waals surface area contributed by atoms with Gasteiger partial charge in [0.05, 0.1) is 19.5 Å². The van der Waals surface area contributed by atoms with Crippen LogP contribution in [0.4, 0.5) is 5.95 Å². The van der Waals surface area contributed by atoms with Gasteiger partial charge in [-0.2, -0.15) is 9.97 Å². The highest BCUT2D eigenvalue weighted by Gasteiger charge is 2.66. The summed E-state index contributed by atoms with van der Waals surface area (Å²) in [5.41, 5.74) is 5.51. The zero-order chi connectivity index (χ0) is 19.3. The molecule has 0 aromatic carbocycles. The number of imidazole rings is 1. The highest BCUT2D eigenvalue weighted by atomic mass is 31.1. The van der Waals surface area contributed by atoms with Crippen LogP contribution in [-0.2, 0) is 18.6 Å². The summed E-state index contributed by atoms with van der Waals surface area (Å²) in [5.74, 6) is 0.310. The van der Waals surface area contributed by atoms with Crippen molar-refractivity contribution in [2.45, 2.75) is 44.0 Å². The number of hydrogen-bond donors (Lipinski definition) is 2. The molecule has 2 bridgehead atoms. The highest BCUT2D eigenvalue weighted by Crippen LogP contribution is 2.49. The zero-order valence-electron chi connectivity index (χ0n) is 15.1. The van der Waals surface area contributed by atoms with Gasteiger partial charge < -0.3 is 25.1 Å². The summed E-state index contributed by atoms with van der Waals surface area (Å²) in [6.07, 6.45) is -1.44. The molecule has 4 rings (SSSR count). The Kier molecular flexibility index (Phi) is 4.52. The fourth-order valence-corrected chi connectivity index (χ4v) is 4.25. The Bertz CT molecular complexity index is 893. The molecule has 2 aliphatic rings. The Morgan fingerprint density at radius 2 is 2.33 bits per heavy atom. The van der Waals surface area contributed by atoms with Gasteiger partial charge in [0.25, 0.3) is 0 Å². The van der Waals surface area contributed by atoms with Gasteiger partial charge in [-0.15, -0.1) is 4.52 Å². The number of aliphatic hydroxyl groups is 1. The molecule has 4 heterocycles. The SMILES string of the molecule is CCOc1nc(N)nc2c1ncn2[C@@H]1O[C@@]2([C@H](C)O[P+](C)=O)CO[C@@H]1[C@@H]2O. The van der Waals surface area contributed by atoms with Crippen molar-refractivity contribution < 1.29 is 28.4 Å². The van der Waals surface area contributed by atoms with E-state index in [0.717, 1.165) is 0 Å². The normalized spacial score (nSPS) is 31.4. The summed E-state index contributed by atoms with van der Waals surface area (Å²) in [6.45, 7) is 5.51. The third-order valence-electron chi connectivity index (χ3n) is 4.89. The van der Waals surface area contributed by atoms with E-state index in [4.69, 9.17) is 24.5 Å². The van der Waals surface area contributed by atoms with Crippen molar-refractivity contribution in [3.05, 3.63) is 6.33 Å². The standard InChI is InChI=1S/C15H21N5O6P/c1-4-23-12-8-11(18-14(16)19-12)20(6-17-8)13-9-10(21)15(25-13,5-24-9)7(2)26-27(3)22/h6-7,9-10,13,21H,4-5H2,1-3H3,(H2,16,18,19)/q+1/t7-,9+,10-,13+,15+/m0/s1. The molecule has 0 saturated carbocycles. The fraction of sp³-hybridized carbons (Fsp3) is 0.667. The number of nitrogens with two attached hydrogens (primary N) is 1. The lowest BCUT2D eigenvalue weighted by Gasteiger charge is -2.33. The van der Waals surface area contributed by atoms with Crippen LogP contribution in [0, 0.1) is 0 Å². The van der Waals surface area contributed by atoms with Crippen molar-refractivity contribution >= 4 is 25.1 Å². The molecule has 0 radical (unpaired) electrons. The molecule has 146 valence electrons. The predicted molar refractivity (Wildman–Crippen MR) is 93.6 cm³/mol. The number of anilines is 1. The van der Waals surface area contributed by atoms with Crippen LogP contribution >= 0.6 is 8.03 Å². The third-order valence-corrected chi connectivity index (χ3v) is 5.50. The van der Waals surface area contributed by atoms with E-state index in [0.29, 0.717) is 17.8 Å². The molecule has 0 amide bonds. The average Bonchev–Trinajstić information content (AvgIpc) is 3.25. The second kappa shape index (κ2) is 6.61. The van der Waals surface area contributed by atoms with Crippen molar-refractivity contribution in [1.29, 1.82) is 0 Å². The lowest BCUT2D eigenvalue weighted by atomic mass is 9.94. The number of hydrogen-bond acceptors (Lipinski definition) is 10. The van der Waals surface area contributed by atoms with Gasteiger partial charge in [0.2, 0.25) is 11.8 Å². The molecule has 3 N–H and O–H groups in total. The third kappa shape index (κ3) is 2.77. The number of nitrogens with zero attached hydrogens (tertiary/aromatic N) is 4. The van der Waals surface area contributed by atoms with Crippen molar-refractivity contribution in [3.8, 4) is 5.88 Å². The van der Waals surface area contributed by atoms with Gasteiger partial charge in [-0.1, -0.05) is 0 Å². The Morgan fingerprint density at radius 3 is 3.04 bits per heavy atom. The van der Waals surface area contributed by atoms with E-state index in [1.54, 1.807) is 11.5 Å². The summed E-state index contributed by atoms with van der Waals surface area (Å²) >= 11 is 0. The first-order valence-corrected chi connectivity index (χ1v) is 10.2. The molecule has 11 nitrogen and oxygen atoms in total. The average molecular weight is 398 g/mol. The van der Waals surface area contributed by atoms with Crippen LogP contribution in [0.5, 0.6) is 5.88 Å². The molecule has 12 heteroatoms. The quantitative estimate of drug-likeness (QED) is 0.664. The largest absolute Gasteiger partial charge is 0.505 e. The fourth-order valence-electron chi connectivity index (χ4n) is 3.63. The Labute approximate surface area is 155 Å². The van der Waals surface area contributed by atoms with Crippen LogP contribution in [0.2, 0.25) is 0 Å². The highest BCUT2D eigenvalue weighted by molar-refractivity contribution is 7.38. The van der Waals surface area contributed by atoms with Crippen LogP contribution in [0.25, 0.3) is 11.2 Å². The van der Waals surface area contributed by atoms with E-state index < -0.39 is 38.2 Å². The minimum atomic E-state index is -1.86. The number of rotatable bonds is 6. The van der Waals surface area contributed by atoms with E-state index in [9.17, 15) is 9.67 Å². The van der Waals surface area contributed by atoms with E-state index in [1.165, 1.54) is 13.0 Å². The van der Waals surface area contributed by atoms with Gasteiger partial charge in [-0.25, -0.2) is 4.98 Å². The van der Waals surface area contributed by atoms with Gasteiger partial charge in [0.1, 0.15) is 18.3 Å². The summed E-state index contributed by atoms with van der Waals surface area (Å²) in [4.78, 5) is 12.6. The van der Waals surface area contributed by atoms with Gasteiger partial charge in [0.15, 0.2) is 29.7 Å². The number of aromatic nitrogens is 4. The smallest absolute Gasteiger partial charge is 0.476 e. The van der Waals surface area contributed by atoms with Crippen molar-refractivity contribution in [3.63, 3.8) is 0 Å².